The van der Waals surface area contributed by atoms with E-state index >= 15 is 0 Å². The highest BCUT2D eigenvalue weighted by atomic mass is 79.9. The number of halogens is 1. The molecule has 0 aliphatic heterocycles. The highest BCUT2D eigenvalue weighted by Crippen LogP contribution is 2.13. The fourth-order valence-corrected chi connectivity index (χ4v) is 1.93. The topological polar surface area (TPSA) is 69.6 Å². The van der Waals surface area contributed by atoms with Crippen molar-refractivity contribution in [2.24, 2.45) is 0 Å². The third-order valence-electron chi connectivity index (χ3n) is 2.55. The van der Waals surface area contributed by atoms with Gasteiger partial charge in [0.25, 0.3) is 0 Å². The van der Waals surface area contributed by atoms with Crippen molar-refractivity contribution < 1.29 is 4.52 Å². The largest absolute Gasteiger partial charge is 0.339 e. The van der Waals surface area contributed by atoms with E-state index in [0.29, 0.717) is 24.7 Å². The molecule has 0 N–H and O–H groups in total. The Morgan fingerprint density at radius 3 is 2.79 bits per heavy atom. The summed E-state index contributed by atoms with van der Waals surface area (Å²) in [6.07, 6.45) is 3.99. The van der Waals surface area contributed by atoms with Crippen molar-refractivity contribution in [3.8, 4) is 0 Å². The first-order chi connectivity index (χ1) is 9.29. The fourth-order valence-electron chi connectivity index (χ4n) is 1.66. The Balaban J connectivity index is 1.69. The molecule has 0 spiro atoms. The van der Waals surface area contributed by atoms with Gasteiger partial charge in [-0.25, -0.2) is 4.68 Å². The SMILES string of the molecule is Brc1ccc(Cc2nc(Cn3ccnn3)no2)cc1. The lowest BCUT2D eigenvalue weighted by Crippen LogP contribution is -2.02. The molecule has 0 unspecified atom stereocenters. The predicted octanol–water partition coefficient (Wildman–Crippen LogP) is 2.06. The van der Waals surface area contributed by atoms with Crippen LogP contribution in [0.1, 0.15) is 17.3 Å². The van der Waals surface area contributed by atoms with E-state index in [9.17, 15) is 0 Å². The quantitative estimate of drug-likeness (QED) is 0.736. The minimum absolute atomic E-state index is 0.462. The summed E-state index contributed by atoms with van der Waals surface area (Å²) in [5.41, 5.74) is 1.12. The van der Waals surface area contributed by atoms with Crippen LogP contribution in [-0.4, -0.2) is 25.1 Å². The maximum Gasteiger partial charge on any atom is 0.231 e. The van der Waals surface area contributed by atoms with Crippen LogP contribution in [0.3, 0.4) is 0 Å². The van der Waals surface area contributed by atoms with E-state index in [-0.39, 0.29) is 0 Å². The zero-order chi connectivity index (χ0) is 13.1. The Morgan fingerprint density at radius 2 is 2.05 bits per heavy atom. The summed E-state index contributed by atoms with van der Waals surface area (Å²) in [5.74, 6) is 1.19. The van der Waals surface area contributed by atoms with E-state index in [1.807, 2.05) is 24.3 Å². The van der Waals surface area contributed by atoms with E-state index in [1.54, 1.807) is 17.1 Å². The molecule has 3 rings (SSSR count). The number of aromatic nitrogens is 5. The van der Waals surface area contributed by atoms with E-state index < -0.39 is 0 Å². The van der Waals surface area contributed by atoms with Crippen LogP contribution in [0.2, 0.25) is 0 Å². The minimum atomic E-state index is 0.462. The molecule has 2 aromatic heterocycles. The lowest BCUT2D eigenvalue weighted by atomic mass is 10.1. The second kappa shape index (κ2) is 5.31. The second-order valence-corrected chi connectivity index (χ2v) is 4.92. The van der Waals surface area contributed by atoms with Gasteiger partial charge < -0.3 is 4.52 Å². The smallest absolute Gasteiger partial charge is 0.231 e. The molecule has 3 aromatic rings. The molecule has 0 aliphatic rings. The first-order valence-electron chi connectivity index (χ1n) is 5.69. The first kappa shape index (κ1) is 12.0. The van der Waals surface area contributed by atoms with E-state index in [4.69, 9.17) is 4.52 Å². The summed E-state index contributed by atoms with van der Waals surface area (Å²) >= 11 is 3.40. The standard InChI is InChI=1S/C12H10BrN5O/c13-10-3-1-9(2-4-10)7-12-15-11(16-19-12)8-18-6-5-14-17-18/h1-6H,7-8H2. The van der Waals surface area contributed by atoms with Gasteiger partial charge >= 0.3 is 0 Å². The molecule has 0 atom stereocenters. The molecule has 0 radical (unpaired) electrons. The van der Waals surface area contributed by atoms with Crippen LogP contribution in [0.4, 0.5) is 0 Å². The van der Waals surface area contributed by atoms with Gasteiger partial charge in [0.15, 0.2) is 5.82 Å². The van der Waals surface area contributed by atoms with Gasteiger partial charge in [0.05, 0.1) is 12.6 Å². The molecule has 0 amide bonds. The summed E-state index contributed by atoms with van der Waals surface area (Å²) in [6, 6.07) is 8.01. The van der Waals surface area contributed by atoms with Crippen molar-refractivity contribution in [1.82, 2.24) is 25.1 Å². The summed E-state index contributed by atoms with van der Waals surface area (Å²) in [6.45, 7) is 0.462. The molecule has 0 saturated heterocycles. The maximum absolute atomic E-state index is 5.21. The Hall–Kier alpha value is -2.02. The molecule has 96 valence electrons. The summed E-state index contributed by atoms with van der Waals surface area (Å²) in [7, 11) is 0. The van der Waals surface area contributed by atoms with Gasteiger partial charge in [-0.15, -0.1) is 5.10 Å². The molecule has 1 aromatic carbocycles. The molecule has 2 heterocycles. The van der Waals surface area contributed by atoms with Crippen molar-refractivity contribution >= 4 is 15.9 Å². The molecule has 0 fully saturated rings. The van der Waals surface area contributed by atoms with Crippen molar-refractivity contribution in [2.75, 3.05) is 0 Å². The summed E-state index contributed by atoms with van der Waals surface area (Å²) in [4.78, 5) is 4.32. The molecule has 0 aliphatic carbocycles. The number of hydrogen-bond acceptors (Lipinski definition) is 5. The molecule has 7 heteroatoms. The van der Waals surface area contributed by atoms with Gasteiger partial charge in [0.1, 0.15) is 6.54 Å². The third-order valence-corrected chi connectivity index (χ3v) is 3.08. The van der Waals surface area contributed by atoms with Crippen LogP contribution in [0, 0.1) is 0 Å². The first-order valence-corrected chi connectivity index (χ1v) is 6.49. The molecule has 6 nitrogen and oxygen atoms in total. The average molecular weight is 320 g/mol. The van der Waals surface area contributed by atoms with Crippen LogP contribution < -0.4 is 0 Å². The molecular weight excluding hydrogens is 310 g/mol. The lowest BCUT2D eigenvalue weighted by molar-refractivity contribution is 0.377. The van der Waals surface area contributed by atoms with Gasteiger partial charge in [-0.1, -0.05) is 38.4 Å². The highest BCUT2D eigenvalue weighted by Gasteiger charge is 2.08. The molecular formula is C12H10BrN5O. The van der Waals surface area contributed by atoms with Crippen molar-refractivity contribution in [3.05, 3.63) is 58.4 Å². The third kappa shape index (κ3) is 3.05. The minimum Gasteiger partial charge on any atom is -0.339 e. The van der Waals surface area contributed by atoms with Crippen molar-refractivity contribution in [3.63, 3.8) is 0 Å². The number of hydrogen-bond donors (Lipinski definition) is 0. The maximum atomic E-state index is 5.21. The monoisotopic (exact) mass is 319 g/mol. The second-order valence-electron chi connectivity index (χ2n) is 4.01. The Kier molecular flexibility index (Phi) is 3.37. The van der Waals surface area contributed by atoms with Gasteiger partial charge in [0.2, 0.25) is 5.89 Å². The normalized spacial score (nSPS) is 10.8. The fraction of sp³-hybridized carbons (Fsp3) is 0.167. The van der Waals surface area contributed by atoms with Crippen LogP contribution in [0.25, 0.3) is 0 Å². The summed E-state index contributed by atoms with van der Waals surface area (Å²) < 4.78 is 7.91. The van der Waals surface area contributed by atoms with Crippen LogP contribution in [-0.2, 0) is 13.0 Å². The van der Waals surface area contributed by atoms with E-state index in [1.165, 1.54) is 0 Å². The lowest BCUT2D eigenvalue weighted by Gasteiger charge is -1.96. The van der Waals surface area contributed by atoms with Crippen molar-refractivity contribution in [1.29, 1.82) is 0 Å². The van der Waals surface area contributed by atoms with Gasteiger partial charge in [-0.2, -0.15) is 4.98 Å². The van der Waals surface area contributed by atoms with Crippen LogP contribution in [0.5, 0.6) is 0 Å². The average Bonchev–Trinajstić information content (AvgIpc) is 3.05. The summed E-state index contributed by atoms with van der Waals surface area (Å²) in [5, 5.41) is 11.5. The van der Waals surface area contributed by atoms with Gasteiger partial charge in [-0.05, 0) is 17.7 Å². The molecule has 0 bridgehead atoms. The van der Waals surface area contributed by atoms with Gasteiger partial charge in [0, 0.05) is 10.7 Å². The van der Waals surface area contributed by atoms with E-state index in [2.05, 4.69) is 36.4 Å². The molecule has 0 saturated carbocycles. The Labute approximate surface area is 117 Å². The van der Waals surface area contributed by atoms with Gasteiger partial charge in [-0.3, -0.25) is 0 Å². The highest BCUT2D eigenvalue weighted by molar-refractivity contribution is 9.10. The van der Waals surface area contributed by atoms with E-state index in [0.717, 1.165) is 10.0 Å². The predicted molar refractivity (Wildman–Crippen MR) is 70.4 cm³/mol. The van der Waals surface area contributed by atoms with Crippen molar-refractivity contribution in [2.45, 2.75) is 13.0 Å². The number of rotatable bonds is 4. The number of nitrogens with zero attached hydrogens (tertiary/aromatic N) is 5. The zero-order valence-corrected chi connectivity index (χ0v) is 11.5. The zero-order valence-electron chi connectivity index (χ0n) is 9.90. The Bertz CT molecular complexity index is 647. The number of benzene rings is 1. The van der Waals surface area contributed by atoms with Crippen LogP contribution >= 0.6 is 15.9 Å². The van der Waals surface area contributed by atoms with Crippen LogP contribution in [0.15, 0.2) is 45.7 Å². The molecule has 19 heavy (non-hydrogen) atoms. The Morgan fingerprint density at radius 1 is 1.21 bits per heavy atom.